The van der Waals surface area contributed by atoms with E-state index in [9.17, 15) is 30.0 Å². The van der Waals surface area contributed by atoms with E-state index in [2.05, 4.69) is 13.8 Å². The normalized spacial score (nSPS) is 52.7. The van der Waals surface area contributed by atoms with Crippen LogP contribution in [-0.2, 0) is 9.59 Å². The minimum atomic E-state index is -0.441. The first kappa shape index (κ1) is 37.9. The minimum Gasteiger partial charge on any atom is -0.390 e. The summed E-state index contributed by atoms with van der Waals surface area (Å²) >= 11 is 0. The molecule has 0 aliphatic heterocycles. The van der Waals surface area contributed by atoms with Crippen molar-refractivity contribution in [1.29, 1.82) is 0 Å². The van der Waals surface area contributed by atoms with E-state index in [4.69, 9.17) is 0 Å². The Morgan fingerprint density at radius 2 is 0.857 bits per heavy atom. The number of hydrogen-bond donors (Lipinski definition) is 4. The van der Waals surface area contributed by atoms with Crippen LogP contribution in [0.3, 0.4) is 0 Å². The number of Topliss-reactive ketones (excluding diaryl/α,β-unsaturated/α-hetero) is 2. The van der Waals surface area contributed by atoms with Gasteiger partial charge in [-0.25, -0.2) is 0 Å². The summed E-state index contributed by atoms with van der Waals surface area (Å²) in [4.78, 5) is 24.5. The summed E-state index contributed by atoms with van der Waals surface area (Å²) in [5.74, 6) is 7.97. The van der Waals surface area contributed by atoms with Gasteiger partial charge in [0.05, 0.1) is 11.2 Å². The molecule has 8 aliphatic carbocycles. The van der Waals surface area contributed by atoms with Crippen molar-refractivity contribution in [2.75, 3.05) is 13.2 Å². The first-order chi connectivity index (χ1) is 22.7. The fourth-order valence-corrected chi connectivity index (χ4v) is 15.4. The zero-order chi connectivity index (χ0) is 34.2. The van der Waals surface area contributed by atoms with Crippen LogP contribution in [0, 0.1) is 81.8 Å². The zero-order valence-corrected chi connectivity index (χ0v) is 30.7. The number of rotatable bonds is 4. The van der Waals surface area contributed by atoms with Gasteiger partial charge in [-0.2, -0.15) is 0 Å². The van der Waals surface area contributed by atoms with Gasteiger partial charge in [0, 0.05) is 11.8 Å². The topological polar surface area (TPSA) is 115 Å². The molecule has 6 heteroatoms. The number of carbonyl (C=O) groups is 2. The van der Waals surface area contributed by atoms with Crippen molar-refractivity contribution in [1.82, 2.24) is 0 Å². The lowest BCUT2D eigenvalue weighted by atomic mass is 9.49. The number of aliphatic hydroxyl groups is 4. The SMILES string of the molecule is C.C[C@@]1(O)CC[C@H]2[C@H](CC[C@@H]3[C@@H]2CC[C@]2(C)[C@@H](C(=O)CO)CC[C@@H]32)C1.C[C@]1(O)CC[C@H]2[C@H](CC[C@@H]3[C@@H]2CC[C@]2(C)[C@@H](C(=O)CO)CC[C@@H]32)C1. The number of aliphatic hydroxyl groups excluding tert-OH is 2. The summed E-state index contributed by atoms with van der Waals surface area (Å²) < 4.78 is 0. The fourth-order valence-electron chi connectivity index (χ4n) is 15.4. The van der Waals surface area contributed by atoms with Crippen LogP contribution in [0.1, 0.15) is 151 Å². The molecule has 0 unspecified atom stereocenters. The third-order valence-electron chi connectivity index (χ3n) is 17.6. The lowest BCUT2D eigenvalue weighted by molar-refractivity contribution is -0.135. The van der Waals surface area contributed by atoms with E-state index in [0.717, 1.165) is 98.7 Å². The Morgan fingerprint density at radius 1 is 0.490 bits per heavy atom. The Labute approximate surface area is 298 Å². The molecule has 280 valence electrons. The second-order valence-corrected chi connectivity index (χ2v) is 19.9. The summed E-state index contributed by atoms with van der Waals surface area (Å²) in [5.41, 5.74) is -0.617. The van der Waals surface area contributed by atoms with E-state index in [1.54, 1.807) is 0 Å². The molecule has 8 aliphatic rings. The van der Waals surface area contributed by atoms with Crippen LogP contribution in [0.15, 0.2) is 0 Å². The van der Waals surface area contributed by atoms with Gasteiger partial charge in [0.25, 0.3) is 0 Å². The minimum absolute atomic E-state index is 0. The van der Waals surface area contributed by atoms with Gasteiger partial charge in [-0.3, -0.25) is 9.59 Å². The number of hydrogen-bond acceptors (Lipinski definition) is 6. The van der Waals surface area contributed by atoms with Crippen LogP contribution < -0.4 is 0 Å². The van der Waals surface area contributed by atoms with Crippen molar-refractivity contribution in [3.05, 3.63) is 0 Å². The average molecular weight is 685 g/mol. The molecule has 6 nitrogen and oxygen atoms in total. The molecule has 0 spiro atoms. The highest BCUT2D eigenvalue weighted by atomic mass is 16.3. The number of ketones is 2. The van der Waals surface area contributed by atoms with Gasteiger partial charge in [-0.1, -0.05) is 21.3 Å². The highest BCUT2D eigenvalue weighted by molar-refractivity contribution is 5.83. The van der Waals surface area contributed by atoms with Gasteiger partial charge in [0.15, 0.2) is 11.6 Å². The summed E-state index contributed by atoms with van der Waals surface area (Å²) in [7, 11) is 0. The molecule has 0 aromatic carbocycles. The number of carbonyl (C=O) groups excluding carboxylic acids is 2. The Hall–Kier alpha value is -0.820. The van der Waals surface area contributed by atoms with Crippen molar-refractivity contribution in [3.8, 4) is 0 Å². The van der Waals surface area contributed by atoms with Gasteiger partial charge < -0.3 is 20.4 Å². The molecule has 0 amide bonds. The van der Waals surface area contributed by atoms with E-state index in [-0.39, 0.29) is 54.9 Å². The fraction of sp³-hybridized carbons (Fsp3) is 0.953. The Bertz CT molecular complexity index is 1120. The van der Waals surface area contributed by atoms with Crippen LogP contribution in [0.25, 0.3) is 0 Å². The molecule has 0 radical (unpaired) electrons. The molecule has 8 rings (SSSR count). The van der Waals surface area contributed by atoms with Gasteiger partial charge in [0.1, 0.15) is 13.2 Å². The zero-order valence-electron chi connectivity index (χ0n) is 30.7. The third kappa shape index (κ3) is 6.56. The molecule has 0 aromatic heterocycles. The molecule has 0 saturated heterocycles. The average Bonchev–Trinajstić information content (AvgIpc) is 3.59. The lowest BCUT2D eigenvalue weighted by Gasteiger charge is -2.56. The summed E-state index contributed by atoms with van der Waals surface area (Å²) in [5, 5.41) is 39.7. The van der Waals surface area contributed by atoms with Crippen molar-refractivity contribution in [2.45, 2.75) is 162 Å². The molecule has 0 heterocycles. The molecule has 49 heavy (non-hydrogen) atoms. The third-order valence-corrected chi connectivity index (χ3v) is 17.6. The Kier molecular flexibility index (Phi) is 10.7. The van der Waals surface area contributed by atoms with E-state index in [0.29, 0.717) is 11.8 Å². The first-order valence-corrected chi connectivity index (χ1v) is 20.4. The van der Waals surface area contributed by atoms with Gasteiger partial charge in [0.2, 0.25) is 0 Å². The maximum atomic E-state index is 12.3. The van der Waals surface area contributed by atoms with Crippen LogP contribution in [0.2, 0.25) is 0 Å². The predicted molar refractivity (Wildman–Crippen MR) is 193 cm³/mol. The molecular weight excluding hydrogens is 612 g/mol. The van der Waals surface area contributed by atoms with Gasteiger partial charge in [-0.05, 0) is 199 Å². The molecule has 0 aromatic rings. The van der Waals surface area contributed by atoms with Crippen LogP contribution in [-0.4, -0.2) is 56.4 Å². The second-order valence-electron chi connectivity index (χ2n) is 19.9. The standard InChI is InChI=1S/2C21H34O3.CH4/c2*1-20(24)9-7-14-13(11-20)3-4-16-15(14)8-10-21(2)17(16)5-6-18(21)19(23)12-22;/h2*13-18,22,24H,3-12H2,1-2H3;1H4/t13-,14+,15-,16-,17+,18-,20+,21+;13-,14+,15-,16-,17+,18-,20-,21+;/m11./s1. The summed E-state index contributed by atoms with van der Waals surface area (Å²) in [6.45, 7) is 8.18. The monoisotopic (exact) mass is 685 g/mol. The van der Waals surface area contributed by atoms with Crippen LogP contribution in [0.4, 0.5) is 0 Å². The molecular formula is C43H72O6. The quantitative estimate of drug-likeness (QED) is 0.241. The second kappa shape index (κ2) is 13.9. The van der Waals surface area contributed by atoms with Gasteiger partial charge in [-0.15, -0.1) is 0 Å². The maximum absolute atomic E-state index is 12.3. The Morgan fingerprint density at radius 3 is 1.22 bits per heavy atom. The maximum Gasteiger partial charge on any atom is 0.161 e. The number of fused-ring (bicyclic) bond motifs is 10. The summed E-state index contributed by atoms with van der Waals surface area (Å²) in [6, 6.07) is 0. The Balaban J connectivity index is 0.000000167. The predicted octanol–water partition coefficient (Wildman–Crippen LogP) is 7.77. The van der Waals surface area contributed by atoms with E-state index in [1.165, 1.54) is 64.2 Å². The van der Waals surface area contributed by atoms with Crippen molar-refractivity contribution < 1.29 is 30.0 Å². The van der Waals surface area contributed by atoms with E-state index in [1.807, 2.05) is 13.8 Å². The molecule has 0 bridgehead atoms. The largest absolute Gasteiger partial charge is 0.390 e. The smallest absolute Gasteiger partial charge is 0.161 e. The van der Waals surface area contributed by atoms with Crippen molar-refractivity contribution in [3.63, 3.8) is 0 Å². The lowest BCUT2D eigenvalue weighted by Crippen LogP contribution is -2.51. The van der Waals surface area contributed by atoms with Crippen molar-refractivity contribution >= 4 is 11.6 Å². The van der Waals surface area contributed by atoms with Crippen molar-refractivity contribution in [2.24, 2.45) is 81.8 Å². The first-order valence-electron chi connectivity index (χ1n) is 20.4. The van der Waals surface area contributed by atoms with E-state index >= 15 is 0 Å². The molecule has 4 N–H and O–H groups in total. The highest BCUT2D eigenvalue weighted by Gasteiger charge is 2.60. The summed E-state index contributed by atoms with van der Waals surface area (Å²) in [6.07, 6.45) is 20.6. The van der Waals surface area contributed by atoms with E-state index < -0.39 is 11.2 Å². The highest BCUT2D eigenvalue weighted by Crippen LogP contribution is 2.66. The molecule has 8 saturated carbocycles. The van der Waals surface area contributed by atoms with Gasteiger partial charge >= 0.3 is 0 Å². The molecule has 8 fully saturated rings. The van der Waals surface area contributed by atoms with Crippen LogP contribution >= 0.6 is 0 Å². The van der Waals surface area contributed by atoms with Crippen LogP contribution in [0.5, 0.6) is 0 Å². The molecule has 16 atom stereocenters.